The molecule has 9 heteroatoms. The SMILES string of the molecule is Cc1ccc(CSc2nnc(Cc3cc(=O)[nH]c(=O)[nH]3)n2-c2ccc(Cl)cc2)cc1. The lowest BCUT2D eigenvalue weighted by Gasteiger charge is -2.10. The summed E-state index contributed by atoms with van der Waals surface area (Å²) in [5, 5.41) is 10.0. The van der Waals surface area contributed by atoms with Crippen LogP contribution >= 0.6 is 23.4 Å². The maximum absolute atomic E-state index is 11.6. The lowest BCUT2D eigenvalue weighted by molar-refractivity contribution is 0.829. The number of hydrogen-bond acceptors (Lipinski definition) is 5. The molecule has 2 N–H and O–H groups in total. The van der Waals surface area contributed by atoms with E-state index in [1.165, 1.54) is 17.2 Å². The molecule has 0 amide bonds. The van der Waals surface area contributed by atoms with Crippen molar-refractivity contribution >= 4 is 23.4 Å². The smallest absolute Gasteiger partial charge is 0.311 e. The summed E-state index contributed by atoms with van der Waals surface area (Å²) < 4.78 is 1.91. The lowest BCUT2D eigenvalue weighted by Crippen LogP contribution is -2.23. The monoisotopic (exact) mass is 439 g/mol. The molecule has 0 radical (unpaired) electrons. The van der Waals surface area contributed by atoms with Gasteiger partial charge in [-0.2, -0.15) is 0 Å². The number of H-pyrrole nitrogens is 2. The van der Waals surface area contributed by atoms with Crippen molar-refractivity contribution in [3.05, 3.63) is 103 Å². The molecule has 2 heterocycles. The molecule has 0 aliphatic carbocycles. The molecule has 2 aromatic heterocycles. The van der Waals surface area contributed by atoms with Crippen LogP contribution in [0.3, 0.4) is 0 Å². The predicted octanol–water partition coefficient (Wildman–Crippen LogP) is 3.49. The summed E-state index contributed by atoms with van der Waals surface area (Å²) in [6.45, 7) is 2.05. The zero-order valence-electron chi connectivity index (χ0n) is 16.1. The molecule has 0 aliphatic rings. The van der Waals surface area contributed by atoms with Crippen molar-refractivity contribution in [1.29, 1.82) is 0 Å². The minimum absolute atomic E-state index is 0.250. The molecule has 7 nitrogen and oxygen atoms in total. The summed E-state index contributed by atoms with van der Waals surface area (Å²) in [6.07, 6.45) is 0.250. The van der Waals surface area contributed by atoms with E-state index >= 15 is 0 Å². The van der Waals surface area contributed by atoms with E-state index < -0.39 is 11.2 Å². The van der Waals surface area contributed by atoms with E-state index in [0.717, 1.165) is 11.4 Å². The van der Waals surface area contributed by atoms with Crippen molar-refractivity contribution in [1.82, 2.24) is 24.7 Å². The number of aryl methyl sites for hydroxylation is 1. The largest absolute Gasteiger partial charge is 0.325 e. The summed E-state index contributed by atoms with van der Waals surface area (Å²) in [5.74, 6) is 1.33. The van der Waals surface area contributed by atoms with E-state index in [-0.39, 0.29) is 6.42 Å². The van der Waals surface area contributed by atoms with Gasteiger partial charge in [0.1, 0.15) is 5.82 Å². The highest BCUT2D eigenvalue weighted by Gasteiger charge is 2.16. The fourth-order valence-corrected chi connectivity index (χ4v) is 4.03. The van der Waals surface area contributed by atoms with Crippen LogP contribution in [0.4, 0.5) is 0 Å². The molecule has 0 saturated carbocycles. The lowest BCUT2D eigenvalue weighted by atomic mass is 10.2. The van der Waals surface area contributed by atoms with Gasteiger partial charge >= 0.3 is 5.69 Å². The molecule has 4 aromatic rings. The Bertz CT molecular complexity index is 1250. The molecular weight excluding hydrogens is 422 g/mol. The van der Waals surface area contributed by atoms with Crippen LogP contribution in [-0.4, -0.2) is 24.7 Å². The second-order valence-corrected chi connectivity index (χ2v) is 8.15. The number of benzene rings is 2. The topological polar surface area (TPSA) is 96.4 Å². The highest BCUT2D eigenvalue weighted by molar-refractivity contribution is 7.98. The van der Waals surface area contributed by atoms with Crippen LogP contribution in [0, 0.1) is 6.92 Å². The molecule has 152 valence electrons. The maximum atomic E-state index is 11.6. The zero-order valence-corrected chi connectivity index (χ0v) is 17.6. The highest BCUT2D eigenvalue weighted by Crippen LogP contribution is 2.26. The molecule has 2 aromatic carbocycles. The van der Waals surface area contributed by atoms with E-state index in [1.807, 2.05) is 16.7 Å². The van der Waals surface area contributed by atoms with Crippen LogP contribution in [0.25, 0.3) is 5.69 Å². The summed E-state index contributed by atoms with van der Waals surface area (Å²) in [7, 11) is 0. The molecule has 0 bridgehead atoms. The Morgan fingerprint density at radius 2 is 1.73 bits per heavy atom. The van der Waals surface area contributed by atoms with Gasteiger partial charge in [-0.1, -0.05) is 53.2 Å². The van der Waals surface area contributed by atoms with Crippen LogP contribution in [0.1, 0.15) is 22.6 Å². The van der Waals surface area contributed by atoms with Crippen LogP contribution < -0.4 is 11.2 Å². The Labute approximate surface area is 181 Å². The first kappa shape index (κ1) is 20.2. The summed E-state index contributed by atoms with van der Waals surface area (Å²) in [4.78, 5) is 28.1. The first-order chi connectivity index (χ1) is 14.5. The average Bonchev–Trinajstić information content (AvgIpc) is 3.10. The third-order valence-corrected chi connectivity index (χ3v) is 5.69. The van der Waals surface area contributed by atoms with Gasteiger partial charge in [0.15, 0.2) is 5.16 Å². The highest BCUT2D eigenvalue weighted by atomic mass is 35.5. The average molecular weight is 440 g/mol. The van der Waals surface area contributed by atoms with Gasteiger partial charge in [0, 0.05) is 34.6 Å². The normalized spacial score (nSPS) is 11.0. The first-order valence-electron chi connectivity index (χ1n) is 9.19. The van der Waals surface area contributed by atoms with Gasteiger partial charge < -0.3 is 4.98 Å². The molecular formula is C21H18ClN5O2S. The number of thioether (sulfide) groups is 1. The third-order valence-electron chi connectivity index (χ3n) is 4.44. The third kappa shape index (κ3) is 4.72. The number of aromatic amines is 2. The molecule has 0 atom stereocenters. The standard InChI is InChI=1S/C21H18ClN5O2S/c1-13-2-4-14(5-3-13)12-30-21-26-25-18(10-16-11-19(28)24-20(29)23-16)27(21)17-8-6-15(22)7-9-17/h2-9,11H,10,12H2,1H3,(H2,23,24,28,29). The first-order valence-corrected chi connectivity index (χ1v) is 10.6. The molecule has 0 aliphatic heterocycles. The van der Waals surface area contributed by atoms with Gasteiger partial charge in [-0.25, -0.2) is 4.79 Å². The number of halogens is 1. The molecule has 4 rings (SSSR count). The van der Waals surface area contributed by atoms with Crippen molar-refractivity contribution in [2.75, 3.05) is 0 Å². The fourth-order valence-electron chi connectivity index (χ4n) is 2.97. The molecule has 30 heavy (non-hydrogen) atoms. The summed E-state index contributed by atoms with van der Waals surface area (Å²) in [5.41, 5.74) is 2.68. The number of rotatable bonds is 6. The van der Waals surface area contributed by atoms with Gasteiger partial charge in [-0.3, -0.25) is 14.3 Å². The van der Waals surface area contributed by atoms with E-state index in [4.69, 9.17) is 11.6 Å². The summed E-state index contributed by atoms with van der Waals surface area (Å²) in [6, 6.07) is 17.0. The number of nitrogens with zero attached hydrogens (tertiary/aromatic N) is 3. The Hall–Kier alpha value is -3.10. The van der Waals surface area contributed by atoms with E-state index in [0.29, 0.717) is 21.7 Å². The second kappa shape index (κ2) is 8.73. The van der Waals surface area contributed by atoms with Crippen molar-refractivity contribution in [3.63, 3.8) is 0 Å². The van der Waals surface area contributed by atoms with Gasteiger partial charge in [0.2, 0.25) is 0 Å². The van der Waals surface area contributed by atoms with E-state index in [9.17, 15) is 9.59 Å². The Morgan fingerprint density at radius 1 is 1.00 bits per heavy atom. The predicted molar refractivity (Wildman–Crippen MR) is 118 cm³/mol. The summed E-state index contributed by atoms with van der Waals surface area (Å²) >= 11 is 7.61. The van der Waals surface area contributed by atoms with E-state index in [1.54, 1.807) is 23.9 Å². The van der Waals surface area contributed by atoms with Gasteiger partial charge in [-0.05, 0) is 36.8 Å². The van der Waals surface area contributed by atoms with Gasteiger partial charge in [-0.15, -0.1) is 10.2 Å². The van der Waals surface area contributed by atoms with Crippen LogP contribution in [0.5, 0.6) is 0 Å². The molecule has 0 fully saturated rings. The van der Waals surface area contributed by atoms with Crippen molar-refractivity contribution in [2.24, 2.45) is 0 Å². The van der Waals surface area contributed by atoms with Crippen LogP contribution in [0.2, 0.25) is 5.02 Å². The van der Waals surface area contributed by atoms with Crippen molar-refractivity contribution in [2.45, 2.75) is 24.3 Å². The number of hydrogen-bond donors (Lipinski definition) is 2. The van der Waals surface area contributed by atoms with Gasteiger partial charge in [0.05, 0.1) is 0 Å². The van der Waals surface area contributed by atoms with Crippen LogP contribution in [0.15, 0.2) is 69.3 Å². The van der Waals surface area contributed by atoms with Gasteiger partial charge in [0.25, 0.3) is 5.56 Å². The molecule has 0 spiro atoms. The van der Waals surface area contributed by atoms with Crippen molar-refractivity contribution in [3.8, 4) is 5.69 Å². The minimum atomic E-state index is -0.552. The van der Waals surface area contributed by atoms with Crippen LogP contribution in [-0.2, 0) is 12.2 Å². The Morgan fingerprint density at radius 3 is 2.43 bits per heavy atom. The zero-order chi connectivity index (χ0) is 21.1. The quantitative estimate of drug-likeness (QED) is 0.448. The fraction of sp³-hybridized carbons (Fsp3) is 0.143. The second-order valence-electron chi connectivity index (χ2n) is 6.77. The Kier molecular flexibility index (Phi) is 5.87. The van der Waals surface area contributed by atoms with Crippen molar-refractivity contribution < 1.29 is 0 Å². The van der Waals surface area contributed by atoms with E-state index in [2.05, 4.69) is 51.4 Å². The maximum Gasteiger partial charge on any atom is 0.325 e. The minimum Gasteiger partial charge on any atom is -0.311 e. The molecule has 0 unspecified atom stereocenters. The number of nitrogens with one attached hydrogen (secondary N) is 2. The Balaban J connectivity index is 1.69. The number of aromatic nitrogens is 5. The molecule has 0 saturated heterocycles.